The molecule has 2 saturated carbocycles. The van der Waals surface area contributed by atoms with E-state index in [1.807, 2.05) is 0 Å². The van der Waals surface area contributed by atoms with Crippen molar-refractivity contribution in [1.29, 1.82) is 0 Å². The predicted octanol–water partition coefficient (Wildman–Crippen LogP) is 3.72. The Bertz CT molecular complexity index is 528. The highest BCUT2D eigenvalue weighted by molar-refractivity contribution is 9.10. The maximum Gasteiger partial charge on any atom is 0.125 e. The second kappa shape index (κ2) is 5.03. The largest absolute Gasteiger partial charge is 0.493 e. The van der Waals surface area contributed by atoms with Gasteiger partial charge in [-0.2, -0.15) is 0 Å². The molecule has 2 aliphatic carbocycles. The fourth-order valence-corrected chi connectivity index (χ4v) is 5.19. The molecule has 2 nitrogen and oxygen atoms in total. The van der Waals surface area contributed by atoms with Crippen molar-refractivity contribution in [2.75, 3.05) is 6.61 Å². The van der Waals surface area contributed by atoms with E-state index in [0.29, 0.717) is 5.92 Å². The molecule has 4 rings (SSSR count). The van der Waals surface area contributed by atoms with E-state index in [0.717, 1.165) is 41.5 Å². The van der Waals surface area contributed by atoms with Crippen LogP contribution in [0.5, 0.6) is 5.75 Å². The van der Waals surface area contributed by atoms with Crippen LogP contribution in [0.15, 0.2) is 16.6 Å². The van der Waals surface area contributed by atoms with Gasteiger partial charge >= 0.3 is 0 Å². The summed E-state index contributed by atoms with van der Waals surface area (Å²) in [6.45, 7) is 0.781. The molecule has 1 N–H and O–H groups in total. The number of fused-ring (bicyclic) bond motifs is 3. The van der Waals surface area contributed by atoms with Crippen LogP contribution in [0.2, 0.25) is 0 Å². The molecule has 3 heteroatoms. The molecule has 1 aromatic carbocycles. The normalized spacial score (nSPS) is 32.2. The van der Waals surface area contributed by atoms with Gasteiger partial charge in [0.25, 0.3) is 0 Å². The molecule has 0 radical (unpaired) electrons. The average molecular weight is 337 g/mol. The molecule has 2 bridgehead atoms. The highest BCUT2D eigenvalue weighted by Gasteiger charge is 2.42. The number of halogens is 1. The Hall–Kier alpha value is -0.540. The molecule has 108 valence electrons. The monoisotopic (exact) mass is 336 g/mol. The smallest absolute Gasteiger partial charge is 0.125 e. The van der Waals surface area contributed by atoms with Crippen LogP contribution >= 0.6 is 15.9 Å². The summed E-state index contributed by atoms with van der Waals surface area (Å²) in [5.41, 5.74) is 2.47. The van der Waals surface area contributed by atoms with Crippen LogP contribution < -0.4 is 4.74 Å². The van der Waals surface area contributed by atoms with Gasteiger partial charge in [-0.05, 0) is 60.3 Å². The number of rotatable bonds is 3. The lowest BCUT2D eigenvalue weighted by Crippen LogP contribution is -2.27. The summed E-state index contributed by atoms with van der Waals surface area (Å²) in [4.78, 5) is 0. The lowest BCUT2D eigenvalue weighted by atomic mass is 9.82. The minimum Gasteiger partial charge on any atom is -0.493 e. The van der Waals surface area contributed by atoms with Gasteiger partial charge in [0.2, 0.25) is 0 Å². The van der Waals surface area contributed by atoms with Gasteiger partial charge in [0.05, 0.1) is 12.7 Å². The molecule has 0 saturated heterocycles. The zero-order valence-corrected chi connectivity index (χ0v) is 13.2. The van der Waals surface area contributed by atoms with Crippen molar-refractivity contribution in [1.82, 2.24) is 0 Å². The van der Waals surface area contributed by atoms with Crippen molar-refractivity contribution in [3.8, 4) is 5.75 Å². The summed E-state index contributed by atoms with van der Waals surface area (Å²) in [6.07, 6.45) is 6.86. The number of hydrogen-bond donors (Lipinski definition) is 1. The fourth-order valence-electron chi connectivity index (χ4n) is 4.64. The SMILES string of the molecule is OC(Cc1cc(Br)cc2c1OCC2)C1CC2CCC1C2. The molecule has 20 heavy (non-hydrogen) atoms. The van der Waals surface area contributed by atoms with Gasteiger partial charge in [-0.15, -0.1) is 0 Å². The van der Waals surface area contributed by atoms with Crippen molar-refractivity contribution in [3.63, 3.8) is 0 Å². The second-order valence-electron chi connectivity index (χ2n) is 6.76. The molecule has 1 heterocycles. The van der Waals surface area contributed by atoms with Gasteiger partial charge in [-0.25, -0.2) is 0 Å². The average Bonchev–Trinajstić information content (AvgIpc) is 3.13. The summed E-state index contributed by atoms with van der Waals surface area (Å²) >= 11 is 3.58. The van der Waals surface area contributed by atoms with Gasteiger partial charge in [-0.1, -0.05) is 22.4 Å². The molecule has 0 aromatic heterocycles. The number of hydrogen-bond acceptors (Lipinski definition) is 2. The molecular formula is C17H21BrO2. The summed E-state index contributed by atoms with van der Waals surface area (Å²) in [7, 11) is 0. The van der Waals surface area contributed by atoms with Crippen LogP contribution in [0.4, 0.5) is 0 Å². The second-order valence-corrected chi connectivity index (χ2v) is 7.68. The van der Waals surface area contributed by atoms with Crippen LogP contribution in [0, 0.1) is 17.8 Å². The van der Waals surface area contributed by atoms with E-state index < -0.39 is 0 Å². The number of benzene rings is 1. The van der Waals surface area contributed by atoms with E-state index >= 15 is 0 Å². The Morgan fingerprint density at radius 2 is 2.20 bits per heavy atom. The molecule has 1 aliphatic heterocycles. The molecular weight excluding hydrogens is 316 g/mol. The van der Waals surface area contributed by atoms with E-state index in [9.17, 15) is 5.11 Å². The molecule has 4 atom stereocenters. The summed E-state index contributed by atoms with van der Waals surface area (Å²) in [6, 6.07) is 4.27. The van der Waals surface area contributed by atoms with Crippen molar-refractivity contribution in [3.05, 3.63) is 27.7 Å². The molecule has 0 spiro atoms. The van der Waals surface area contributed by atoms with Gasteiger partial charge < -0.3 is 9.84 Å². The quantitative estimate of drug-likeness (QED) is 0.911. The first-order valence-corrected chi connectivity index (χ1v) is 8.62. The van der Waals surface area contributed by atoms with Gasteiger partial charge in [0, 0.05) is 17.3 Å². The molecule has 3 aliphatic rings. The van der Waals surface area contributed by atoms with E-state index in [1.165, 1.54) is 36.8 Å². The van der Waals surface area contributed by atoms with Gasteiger partial charge in [0.1, 0.15) is 5.75 Å². The zero-order chi connectivity index (χ0) is 13.7. The highest BCUT2D eigenvalue weighted by Crippen LogP contribution is 2.50. The fraction of sp³-hybridized carbons (Fsp3) is 0.647. The number of aliphatic hydroxyl groups is 1. The lowest BCUT2D eigenvalue weighted by Gasteiger charge is -2.27. The standard InChI is InChI=1S/C17H21BrO2/c18-14-7-12-3-4-20-17(12)13(8-14)9-16(19)15-6-10-1-2-11(15)5-10/h7-8,10-11,15-16,19H,1-6,9H2. The van der Waals surface area contributed by atoms with Crippen LogP contribution in [0.1, 0.15) is 36.8 Å². The van der Waals surface area contributed by atoms with E-state index in [1.54, 1.807) is 0 Å². The van der Waals surface area contributed by atoms with E-state index in [-0.39, 0.29) is 6.10 Å². The Kier molecular flexibility index (Phi) is 3.30. The van der Waals surface area contributed by atoms with Gasteiger partial charge in [0.15, 0.2) is 0 Å². The number of ether oxygens (including phenoxy) is 1. The Morgan fingerprint density at radius 3 is 2.95 bits per heavy atom. The van der Waals surface area contributed by atoms with Crippen molar-refractivity contribution < 1.29 is 9.84 Å². The minimum atomic E-state index is -0.201. The molecule has 2 fully saturated rings. The number of aliphatic hydroxyl groups excluding tert-OH is 1. The maximum atomic E-state index is 10.7. The molecule has 4 unspecified atom stereocenters. The first-order valence-electron chi connectivity index (χ1n) is 7.83. The first kappa shape index (κ1) is 13.1. The van der Waals surface area contributed by atoms with Crippen LogP contribution in [-0.2, 0) is 12.8 Å². The highest BCUT2D eigenvalue weighted by atomic mass is 79.9. The lowest BCUT2D eigenvalue weighted by molar-refractivity contribution is 0.0745. The van der Waals surface area contributed by atoms with Crippen LogP contribution in [0.25, 0.3) is 0 Å². The van der Waals surface area contributed by atoms with Crippen LogP contribution in [-0.4, -0.2) is 17.8 Å². The van der Waals surface area contributed by atoms with E-state index in [2.05, 4.69) is 28.1 Å². The van der Waals surface area contributed by atoms with Crippen molar-refractivity contribution >= 4 is 15.9 Å². The van der Waals surface area contributed by atoms with E-state index in [4.69, 9.17) is 4.74 Å². The first-order chi connectivity index (χ1) is 9.70. The van der Waals surface area contributed by atoms with Crippen LogP contribution in [0.3, 0.4) is 0 Å². The Morgan fingerprint density at radius 1 is 1.30 bits per heavy atom. The topological polar surface area (TPSA) is 29.5 Å². The summed E-state index contributed by atoms with van der Waals surface area (Å²) in [5, 5.41) is 10.7. The minimum absolute atomic E-state index is 0.201. The Balaban J connectivity index is 1.54. The maximum absolute atomic E-state index is 10.7. The van der Waals surface area contributed by atoms with Gasteiger partial charge in [-0.3, -0.25) is 0 Å². The summed E-state index contributed by atoms with van der Waals surface area (Å²) < 4.78 is 6.89. The summed E-state index contributed by atoms with van der Waals surface area (Å²) in [5.74, 6) is 3.22. The Labute approximate surface area is 128 Å². The van der Waals surface area contributed by atoms with Crippen molar-refractivity contribution in [2.45, 2.75) is 44.6 Å². The third-order valence-corrected chi connectivity index (χ3v) is 6.00. The molecule has 0 amide bonds. The van der Waals surface area contributed by atoms with Crippen molar-refractivity contribution in [2.24, 2.45) is 17.8 Å². The molecule has 1 aromatic rings. The third-order valence-electron chi connectivity index (χ3n) is 5.54. The zero-order valence-electron chi connectivity index (χ0n) is 11.6. The third kappa shape index (κ3) is 2.19. The predicted molar refractivity (Wildman–Crippen MR) is 82.0 cm³/mol.